The van der Waals surface area contributed by atoms with Crippen molar-refractivity contribution in [2.24, 2.45) is 5.10 Å². The van der Waals surface area contributed by atoms with Gasteiger partial charge in [-0.2, -0.15) is 5.10 Å². The molecule has 0 saturated heterocycles. The number of hydrogen-bond donors (Lipinski definition) is 0. The first-order valence-corrected chi connectivity index (χ1v) is 8.93. The average Bonchev–Trinajstić information content (AvgIpc) is 2.90. The molecule has 0 amide bonds. The summed E-state index contributed by atoms with van der Waals surface area (Å²) in [5, 5.41) is 6.26. The van der Waals surface area contributed by atoms with Gasteiger partial charge in [0.05, 0.1) is 5.41 Å². The molecule has 0 bridgehead atoms. The molecule has 1 fully saturated rings. The van der Waals surface area contributed by atoms with E-state index in [2.05, 4.69) is 17.2 Å². The third kappa shape index (κ3) is 2.44. The van der Waals surface area contributed by atoms with Crippen molar-refractivity contribution in [3.8, 4) is 11.5 Å². The summed E-state index contributed by atoms with van der Waals surface area (Å²) in [6.07, 6.45) is 9.45. The minimum atomic E-state index is -0.315. The van der Waals surface area contributed by atoms with Crippen LogP contribution in [0.1, 0.15) is 43.7 Å². The van der Waals surface area contributed by atoms with Crippen LogP contribution >= 0.6 is 0 Å². The molecule has 0 unspecified atom stereocenters. The predicted molar refractivity (Wildman–Crippen MR) is 96.3 cm³/mol. The summed E-state index contributed by atoms with van der Waals surface area (Å²) >= 11 is 0. The molecule has 1 aliphatic heterocycles. The third-order valence-electron chi connectivity index (χ3n) is 5.50. The van der Waals surface area contributed by atoms with Crippen molar-refractivity contribution >= 4 is 12.2 Å². The quantitative estimate of drug-likeness (QED) is 0.278. The van der Waals surface area contributed by atoms with Crippen LogP contribution in [0.2, 0.25) is 0 Å². The van der Waals surface area contributed by atoms with Crippen LogP contribution in [0.4, 0.5) is 0 Å². The summed E-state index contributed by atoms with van der Waals surface area (Å²) in [4.78, 5) is 11.5. The molecule has 4 rings (SSSR count). The van der Waals surface area contributed by atoms with E-state index in [0.29, 0.717) is 5.75 Å². The molecule has 1 aromatic rings. The van der Waals surface area contributed by atoms with Crippen LogP contribution in [-0.2, 0) is 16.6 Å². The van der Waals surface area contributed by atoms with Gasteiger partial charge in [0, 0.05) is 39.2 Å². The van der Waals surface area contributed by atoms with Crippen molar-refractivity contribution in [1.82, 2.24) is 5.01 Å². The first-order valence-electron chi connectivity index (χ1n) is 8.93. The van der Waals surface area contributed by atoms with Crippen molar-refractivity contribution in [3.63, 3.8) is 0 Å². The molecule has 5 nitrogen and oxygen atoms in total. The Labute approximate surface area is 148 Å². The van der Waals surface area contributed by atoms with Crippen molar-refractivity contribution in [2.75, 3.05) is 14.1 Å². The van der Waals surface area contributed by atoms with Crippen molar-refractivity contribution < 1.29 is 14.3 Å². The van der Waals surface area contributed by atoms with Gasteiger partial charge in [0.2, 0.25) is 0 Å². The molecule has 0 aromatic heterocycles. The van der Waals surface area contributed by atoms with Crippen molar-refractivity contribution in [3.05, 3.63) is 34.9 Å². The number of hydrogen-bond acceptors (Lipinski definition) is 5. The Kier molecular flexibility index (Phi) is 3.82. The standard InChI is InChI=1S/C20H24N2O3/c1-13(23)24-16-10-8-14-7-9-15-5-4-6-17-20(15,11-12-21-22(2)3)18(14)19(16)25-17/h8-10,12,17H,4-7,11H2,1-3H3/b21-12+/t17-,20+/m0/s1. The Balaban J connectivity index is 1.85. The van der Waals surface area contributed by atoms with Crippen molar-refractivity contribution in [1.29, 1.82) is 0 Å². The Morgan fingerprint density at radius 1 is 1.48 bits per heavy atom. The van der Waals surface area contributed by atoms with Gasteiger partial charge in [0.1, 0.15) is 6.10 Å². The van der Waals surface area contributed by atoms with Crippen LogP contribution in [-0.4, -0.2) is 37.4 Å². The fourth-order valence-electron chi connectivity index (χ4n) is 4.62. The number of nitrogens with zero attached hydrogens (tertiary/aromatic N) is 2. The summed E-state index contributed by atoms with van der Waals surface area (Å²) in [6, 6.07) is 3.95. The van der Waals surface area contributed by atoms with E-state index < -0.39 is 0 Å². The van der Waals surface area contributed by atoms with Crippen LogP contribution in [0, 0.1) is 0 Å². The van der Waals surface area contributed by atoms with Crippen LogP contribution < -0.4 is 9.47 Å². The van der Waals surface area contributed by atoms with Gasteiger partial charge in [0.15, 0.2) is 11.5 Å². The number of allylic oxidation sites excluding steroid dienone is 1. The van der Waals surface area contributed by atoms with Gasteiger partial charge in [-0.3, -0.25) is 4.79 Å². The van der Waals surface area contributed by atoms with Gasteiger partial charge in [-0.05, 0) is 37.3 Å². The highest BCUT2D eigenvalue weighted by Crippen LogP contribution is 2.60. The molecule has 0 radical (unpaired) electrons. The first-order chi connectivity index (χ1) is 12.0. The second kappa shape index (κ2) is 5.90. The van der Waals surface area contributed by atoms with Gasteiger partial charge in [0.25, 0.3) is 0 Å². The smallest absolute Gasteiger partial charge is 0.308 e. The highest BCUT2D eigenvalue weighted by Gasteiger charge is 2.55. The van der Waals surface area contributed by atoms with E-state index >= 15 is 0 Å². The van der Waals surface area contributed by atoms with E-state index in [0.717, 1.165) is 37.9 Å². The maximum atomic E-state index is 11.5. The molecular weight excluding hydrogens is 316 g/mol. The first kappa shape index (κ1) is 16.2. The van der Waals surface area contributed by atoms with Gasteiger partial charge in [-0.15, -0.1) is 0 Å². The second-order valence-electron chi connectivity index (χ2n) is 7.27. The molecule has 1 heterocycles. The molecule has 2 aliphatic carbocycles. The zero-order valence-electron chi connectivity index (χ0n) is 15.0. The van der Waals surface area contributed by atoms with Gasteiger partial charge < -0.3 is 14.5 Å². The number of benzene rings is 1. The van der Waals surface area contributed by atoms with E-state index in [1.807, 2.05) is 31.4 Å². The van der Waals surface area contributed by atoms with E-state index in [-0.39, 0.29) is 17.5 Å². The van der Waals surface area contributed by atoms with Crippen LogP contribution in [0.25, 0.3) is 0 Å². The van der Waals surface area contributed by atoms with Gasteiger partial charge >= 0.3 is 5.97 Å². The highest BCUT2D eigenvalue weighted by atomic mass is 16.6. The zero-order chi connectivity index (χ0) is 17.6. The van der Waals surface area contributed by atoms with Crippen LogP contribution in [0.15, 0.2) is 28.9 Å². The van der Waals surface area contributed by atoms with Crippen molar-refractivity contribution in [2.45, 2.75) is 50.5 Å². The number of carbonyl (C=O) groups excluding carboxylic acids is 1. The predicted octanol–water partition coefficient (Wildman–Crippen LogP) is 3.21. The second-order valence-corrected chi connectivity index (χ2v) is 7.27. The fraction of sp³-hybridized carbons (Fsp3) is 0.500. The lowest BCUT2D eigenvalue weighted by atomic mass is 9.60. The summed E-state index contributed by atoms with van der Waals surface area (Å²) in [7, 11) is 3.86. The van der Waals surface area contributed by atoms with E-state index in [9.17, 15) is 4.79 Å². The third-order valence-corrected chi connectivity index (χ3v) is 5.50. The largest absolute Gasteiger partial charge is 0.485 e. The lowest BCUT2D eigenvalue weighted by Gasteiger charge is -2.42. The van der Waals surface area contributed by atoms with Gasteiger partial charge in [-0.25, -0.2) is 0 Å². The Bertz CT molecular complexity index is 781. The Morgan fingerprint density at radius 3 is 3.08 bits per heavy atom. The molecule has 1 saturated carbocycles. The topological polar surface area (TPSA) is 51.1 Å². The number of esters is 1. The number of rotatable bonds is 4. The highest BCUT2D eigenvalue weighted by molar-refractivity contribution is 5.74. The van der Waals surface area contributed by atoms with E-state index in [4.69, 9.17) is 9.47 Å². The molecule has 25 heavy (non-hydrogen) atoms. The summed E-state index contributed by atoms with van der Waals surface area (Å²) in [5.41, 5.74) is 3.80. The molecule has 0 N–H and O–H groups in total. The molecule has 0 spiro atoms. The zero-order valence-corrected chi connectivity index (χ0v) is 15.0. The van der Waals surface area contributed by atoms with Crippen LogP contribution in [0.3, 0.4) is 0 Å². The van der Waals surface area contributed by atoms with Crippen LogP contribution in [0.5, 0.6) is 11.5 Å². The number of ether oxygens (including phenoxy) is 2. The summed E-state index contributed by atoms with van der Waals surface area (Å²) in [6.45, 7) is 1.43. The minimum absolute atomic E-state index is 0.0897. The lowest BCUT2D eigenvalue weighted by Crippen LogP contribution is -2.45. The monoisotopic (exact) mass is 340 g/mol. The molecule has 5 heteroatoms. The molecule has 132 valence electrons. The van der Waals surface area contributed by atoms with Gasteiger partial charge in [-0.1, -0.05) is 17.7 Å². The average molecular weight is 340 g/mol. The summed E-state index contributed by atoms with van der Waals surface area (Å²) < 4.78 is 11.8. The fourth-order valence-corrected chi connectivity index (χ4v) is 4.62. The molecule has 1 aromatic carbocycles. The lowest BCUT2D eigenvalue weighted by molar-refractivity contribution is -0.132. The molecular formula is C20H24N2O3. The maximum absolute atomic E-state index is 11.5. The number of carbonyl (C=O) groups is 1. The Morgan fingerprint density at radius 2 is 2.32 bits per heavy atom. The Hall–Kier alpha value is -2.30. The molecule has 2 atom stereocenters. The van der Waals surface area contributed by atoms with E-state index in [1.54, 1.807) is 0 Å². The normalized spacial score (nSPS) is 26.0. The maximum Gasteiger partial charge on any atom is 0.308 e. The SMILES string of the molecule is CC(=O)Oc1ccc2c3c1O[C@H]1CCCC(=CC2)[C@@]31C/C=N/N(C)C. The summed E-state index contributed by atoms with van der Waals surface area (Å²) in [5.74, 6) is 0.999. The number of hydrazone groups is 1. The van der Waals surface area contributed by atoms with E-state index in [1.165, 1.54) is 23.6 Å². The molecule has 3 aliphatic rings. The minimum Gasteiger partial charge on any atom is -0.485 e.